The van der Waals surface area contributed by atoms with E-state index < -0.39 is 5.97 Å². The largest absolute Gasteiger partial charge is 0.480 e. The predicted octanol–water partition coefficient (Wildman–Crippen LogP) is 3.86. The number of hydrogen-bond donors (Lipinski definition) is 1. The monoisotopic (exact) mass is 322 g/mol. The van der Waals surface area contributed by atoms with Crippen LogP contribution in [0.2, 0.25) is 0 Å². The molecule has 1 aromatic heterocycles. The first-order valence-electron chi connectivity index (χ1n) is 8.65. The van der Waals surface area contributed by atoms with E-state index >= 15 is 0 Å². The van der Waals surface area contributed by atoms with Crippen molar-refractivity contribution in [2.24, 2.45) is 0 Å². The molecule has 124 valence electrons. The molecule has 0 unspecified atom stereocenters. The molecule has 1 fully saturated rings. The molecule has 24 heavy (non-hydrogen) atoms. The van der Waals surface area contributed by atoms with Crippen molar-refractivity contribution < 1.29 is 9.90 Å². The number of likely N-dealkylation sites (tertiary alicyclic amines) is 1. The van der Waals surface area contributed by atoms with Gasteiger partial charge in [-0.05, 0) is 50.1 Å². The SMILES string of the molecule is CCn1c2ccccc2c2cc(CN3CCC[C@@H]3C(=O)O)ccc21. The zero-order valence-electron chi connectivity index (χ0n) is 13.9. The third kappa shape index (κ3) is 2.38. The minimum Gasteiger partial charge on any atom is -0.480 e. The average Bonchev–Trinajstić information content (AvgIpc) is 3.17. The van der Waals surface area contributed by atoms with E-state index in [1.165, 1.54) is 27.4 Å². The van der Waals surface area contributed by atoms with Gasteiger partial charge in [0.2, 0.25) is 0 Å². The highest BCUT2D eigenvalue weighted by Crippen LogP contribution is 2.30. The normalized spacial score (nSPS) is 18.6. The molecule has 0 bridgehead atoms. The van der Waals surface area contributed by atoms with Crippen LogP contribution in [0.15, 0.2) is 42.5 Å². The van der Waals surface area contributed by atoms with Gasteiger partial charge in [-0.25, -0.2) is 0 Å². The number of nitrogens with zero attached hydrogens (tertiary/aromatic N) is 2. The Morgan fingerprint density at radius 3 is 2.75 bits per heavy atom. The van der Waals surface area contributed by atoms with Gasteiger partial charge < -0.3 is 9.67 Å². The lowest BCUT2D eigenvalue weighted by Gasteiger charge is -2.21. The summed E-state index contributed by atoms with van der Waals surface area (Å²) < 4.78 is 2.34. The summed E-state index contributed by atoms with van der Waals surface area (Å²) in [4.78, 5) is 13.5. The minimum atomic E-state index is -0.698. The fourth-order valence-electron chi connectivity index (χ4n) is 4.07. The van der Waals surface area contributed by atoms with Gasteiger partial charge in [0.15, 0.2) is 0 Å². The van der Waals surface area contributed by atoms with Crippen LogP contribution in [0.3, 0.4) is 0 Å². The zero-order chi connectivity index (χ0) is 16.7. The fourth-order valence-corrected chi connectivity index (χ4v) is 4.07. The lowest BCUT2D eigenvalue weighted by atomic mass is 10.1. The van der Waals surface area contributed by atoms with Crippen molar-refractivity contribution >= 4 is 27.8 Å². The van der Waals surface area contributed by atoms with Crippen LogP contribution < -0.4 is 0 Å². The van der Waals surface area contributed by atoms with Gasteiger partial charge in [-0.15, -0.1) is 0 Å². The van der Waals surface area contributed by atoms with Crippen molar-refractivity contribution in [3.8, 4) is 0 Å². The van der Waals surface area contributed by atoms with Crippen molar-refractivity contribution in [1.82, 2.24) is 9.47 Å². The highest BCUT2D eigenvalue weighted by molar-refractivity contribution is 6.08. The molecule has 4 rings (SSSR count). The van der Waals surface area contributed by atoms with Crippen LogP contribution in [0, 0.1) is 0 Å². The molecular weight excluding hydrogens is 300 g/mol. The van der Waals surface area contributed by atoms with E-state index in [1.807, 2.05) is 0 Å². The predicted molar refractivity (Wildman–Crippen MR) is 96.2 cm³/mol. The Kier molecular flexibility index (Phi) is 3.77. The summed E-state index contributed by atoms with van der Waals surface area (Å²) in [6.45, 7) is 4.68. The molecule has 1 N–H and O–H groups in total. The minimum absolute atomic E-state index is 0.335. The van der Waals surface area contributed by atoms with Gasteiger partial charge in [0.1, 0.15) is 6.04 Å². The number of carbonyl (C=O) groups is 1. The third-order valence-corrected chi connectivity index (χ3v) is 5.19. The Balaban J connectivity index is 1.76. The standard InChI is InChI=1S/C20H22N2O2/c1-2-22-17-7-4-3-6-15(17)16-12-14(9-10-18(16)22)13-21-11-5-8-19(21)20(23)24/h3-4,6-7,9-10,12,19H,2,5,8,11,13H2,1H3,(H,23,24)/t19-/m1/s1. The van der Waals surface area contributed by atoms with Crippen LogP contribution in [0.4, 0.5) is 0 Å². The van der Waals surface area contributed by atoms with Crippen molar-refractivity contribution in [2.75, 3.05) is 6.54 Å². The third-order valence-electron chi connectivity index (χ3n) is 5.19. The van der Waals surface area contributed by atoms with Crippen LogP contribution >= 0.6 is 0 Å². The van der Waals surface area contributed by atoms with E-state index in [0.29, 0.717) is 6.54 Å². The molecule has 1 saturated heterocycles. The van der Waals surface area contributed by atoms with Crippen LogP contribution in [0.5, 0.6) is 0 Å². The Morgan fingerprint density at radius 1 is 1.17 bits per heavy atom. The molecule has 3 aromatic rings. The number of rotatable bonds is 4. The van der Waals surface area contributed by atoms with Crippen LogP contribution in [-0.4, -0.2) is 33.1 Å². The molecule has 2 aromatic carbocycles. The zero-order valence-corrected chi connectivity index (χ0v) is 13.9. The number of hydrogen-bond acceptors (Lipinski definition) is 2. The first-order chi connectivity index (χ1) is 11.7. The van der Waals surface area contributed by atoms with Crippen molar-refractivity contribution in [2.45, 2.75) is 38.9 Å². The van der Waals surface area contributed by atoms with Gasteiger partial charge in [-0.3, -0.25) is 9.69 Å². The molecule has 0 saturated carbocycles. The van der Waals surface area contributed by atoms with Gasteiger partial charge in [-0.1, -0.05) is 24.3 Å². The summed E-state index contributed by atoms with van der Waals surface area (Å²) in [7, 11) is 0. The second-order valence-corrected chi connectivity index (χ2v) is 6.58. The summed E-state index contributed by atoms with van der Waals surface area (Å²) in [5.41, 5.74) is 3.70. The molecule has 0 aliphatic carbocycles. The fraction of sp³-hybridized carbons (Fsp3) is 0.350. The molecule has 1 aliphatic heterocycles. The number of carboxylic acid groups (broad SMARTS) is 1. The lowest BCUT2D eigenvalue weighted by Crippen LogP contribution is -2.35. The first kappa shape index (κ1) is 15.2. The van der Waals surface area contributed by atoms with E-state index in [9.17, 15) is 9.90 Å². The summed E-state index contributed by atoms with van der Waals surface area (Å²) in [6, 6.07) is 14.7. The molecular formula is C20H22N2O2. The Hall–Kier alpha value is -2.33. The maximum atomic E-state index is 11.4. The van der Waals surface area contributed by atoms with E-state index in [2.05, 4.69) is 58.9 Å². The number of fused-ring (bicyclic) bond motifs is 3. The van der Waals surface area contributed by atoms with Crippen molar-refractivity contribution in [1.29, 1.82) is 0 Å². The second-order valence-electron chi connectivity index (χ2n) is 6.58. The number of aliphatic carboxylic acids is 1. The quantitative estimate of drug-likeness (QED) is 0.793. The molecule has 2 heterocycles. The number of aryl methyl sites for hydroxylation is 1. The molecule has 1 atom stereocenters. The van der Waals surface area contributed by atoms with Gasteiger partial charge in [0, 0.05) is 34.9 Å². The summed E-state index contributed by atoms with van der Waals surface area (Å²) in [6.07, 6.45) is 1.72. The maximum Gasteiger partial charge on any atom is 0.320 e. The summed E-state index contributed by atoms with van der Waals surface area (Å²) >= 11 is 0. The molecule has 1 aliphatic rings. The van der Waals surface area contributed by atoms with Crippen molar-refractivity contribution in [3.63, 3.8) is 0 Å². The van der Waals surface area contributed by atoms with Crippen LogP contribution in [-0.2, 0) is 17.9 Å². The molecule has 0 amide bonds. The molecule has 4 heteroatoms. The van der Waals surface area contributed by atoms with E-state index in [1.54, 1.807) is 0 Å². The Labute approximate surface area is 141 Å². The van der Waals surface area contributed by atoms with E-state index in [4.69, 9.17) is 0 Å². The highest BCUT2D eigenvalue weighted by atomic mass is 16.4. The molecule has 0 spiro atoms. The van der Waals surface area contributed by atoms with Crippen LogP contribution in [0.1, 0.15) is 25.3 Å². The number of para-hydroxylation sites is 1. The van der Waals surface area contributed by atoms with Crippen molar-refractivity contribution in [3.05, 3.63) is 48.0 Å². The topological polar surface area (TPSA) is 45.5 Å². The van der Waals surface area contributed by atoms with Gasteiger partial charge in [-0.2, -0.15) is 0 Å². The number of aromatic nitrogens is 1. The molecule has 0 radical (unpaired) electrons. The van der Waals surface area contributed by atoms with Gasteiger partial charge >= 0.3 is 5.97 Å². The van der Waals surface area contributed by atoms with Gasteiger partial charge in [0.05, 0.1) is 0 Å². The summed E-state index contributed by atoms with van der Waals surface area (Å²) in [5.74, 6) is -0.698. The Bertz CT molecular complexity index is 913. The Morgan fingerprint density at radius 2 is 1.96 bits per heavy atom. The maximum absolute atomic E-state index is 11.4. The highest BCUT2D eigenvalue weighted by Gasteiger charge is 2.30. The lowest BCUT2D eigenvalue weighted by molar-refractivity contribution is -0.142. The van der Waals surface area contributed by atoms with E-state index in [-0.39, 0.29) is 6.04 Å². The smallest absolute Gasteiger partial charge is 0.320 e. The number of benzene rings is 2. The average molecular weight is 322 g/mol. The van der Waals surface area contributed by atoms with E-state index in [0.717, 1.165) is 25.9 Å². The molecule has 4 nitrogen and oxygen atoms in total. The number of carboxylic acids is 1. The second kappa shape index (κ2) is 5.95. The van der Waals surface area contributed by atoms with Gasteiger partial charge in [0.25, 0.3) is 0 Å². The summed E-state index contributed by atoms with van der Waals surface area (Å²) in [5, 5.41) is 11.9. The van der Waals surface area contributed by atoms with Crippen LogP contribution in [0.25, 0.3) is 21.8 Å². The first-order valence-corrected chi connectivity index (χ1v) is 8.65.